The molecule has 0 spiro atoms. The molecule has 39 heavy (non-hydrogen) atoms. The van der Waals surface area contributed by atoms with Crippen LogP contribution in [0.5, 0.6) is 5.75 Å². The highest BCUT2D eigenvalue weighted by atomic mass is 19.3. The number of ether oxygens (including phenoxy) is 1. The Balaban J connectivity index is 1.52. The van der Waals surface area contributed by atoms with E-state index in [1.807, 2.05) is 12.2 Å². The van der Waals surface area contributed by atoms with E-state index < -0.39 is 52.9 Å². The highest BCUT2D eigenvalue weighted by Crippen LogP contribution is 2.40. The topological polar surface area (TPSA) is 33.0 Å². The molecule has 2 nitrogen and oxygen atoms in total. The number of nitriles is 1. The lowest BCUT2D eigenvalue weighted by Crippen LogP contribution is -2.25. The van der Waals surface area contributed by atoms with Crippen molar-refractivity contribution in [1.82, 2.24) is 0 Å². The Morgan fingerprint density at radius 1 is 0.872 bits per heavy atom. The molecule has 0 bridgehead atoms. The normalized spacial score (nSPS) is 17.8. The molecule has 0 aromatic heterocycles. The van der Waals surface area contributed by atoms with E-state index in [4.69, 9.17) is 5.26 Å². The summed E-state index contributed by atoms with van der Waals surface area (Å²) in [5.41, 5.74) is -1.85. The van der Waals surface area contributed by atoms with Gasteiger partial charge in [-0.1, -0.05) is 24.3 Å². The van der Waals surface area contributed by atoms with Crippen LogP contribution in [0.15, 0.2) is 60.7 Å². The van der Waals surface area contributed by atoms with Crippen LogP contribution in [0.1, 0.15) is 54.7 Å². The molecular weight excluding hydrogens is 523 g/mol. The molecule has 0 N–H and O–H groups in total. The summed E-state index contributed by atoms with van der Waals surface area (Å²) in [6.07, 6.45) is 3.06. The van der Waals surface area contributed by atoms with E-state index in [0.717, 1.165) is 43.4 Å². The van der Waals surface area contributed by atoms with E-state index in [1.165, 1.54) is 18.2 Å². The lowest BCUT2D eigenvalue weighted by atomic mass is 9.78. The van der Waals surface area contributed by atoms with Gasteiger partial charge < -0.3 is 4.74 Å². The van der Waals surface area contributed by atoms with Crippen molar-refractivity contribution < 1.29 is 35.5 Å². The summed E-state index contributed by atoms with van der Waals surface area (Å²) in [7, 11) is 0. The first-order valence-corrected chi connectivity index (χ1v) is 12.4. The summed E-state index contributed by atoms with van der Waals surface area (Å²) in [6.45, 7) is -0.399. The smallest absolute Gasteiger partial charge is 0.429 e. The van der Waals surface area contributed by atoms with Crippen molar-refractivity contribution in [3.05, 3.63) is 101 Å². The van der Waals surface area contributed by atoms with Crippen molar-refractivity contribution in [1.29, 1.82) is 5.26 Å². The fourth-order valence-electron chi connectivity index (χ4n) is 4.87. The first-order chi connectivity index (χ1) is 18.6. The van der Waals surface area contributed by atoms with Crippen molar-refractivity contribution in [2.75, 3.05) is 6.67 Å². The first-order valence-electron chi connectivity index (χ1n) is 12.4. The van der Waals surface area contributed by atoms with E-state index in [0.29, 0.717) is 30.5 Å². The van der Waals surface area contributed by atoms with Crippen molar-refractivity contribution >= 4 is 0 Å². The molecule has 1 saturated carbocycles. The van der Waals surface area contributed by atoms with Gasteiger partial charge in [0.25, 0.3) is 0 Å². The molecule has 0 heterocycles. The van der Waals surface area contributed by atoms with Gasteiger partial charge in [-0.3, -0.25) is 4.39 Å². The third-order valence-electron chi connectivity index (χ3n) is 6.87. The largest absolute Gasteiger partial charge is 0.432 e. The Morgan fingerprint density at radius 3 is 2.15 bits per heavy atom. The number of allylic oxidation sites excluding steroid dienone is 2. The van der Waals surface area contributed by atoms with Gasteiger partial charge in [0.1, 0.15) is 40.7 Å². The zero-order valence-electron chi connectivity index (χ0n) is 20.7. The Labute approximate surface area is 221 Å². The number of hydrogen-bond donors (Lipinski definition) is 0. The summed E-state index contributed by atoms with van der Waals surface area (Å²) in [4.78, 5) is 0. The van der Waals surface area contributed by atoms with Gasteiger partial charge in [-0.2, -0.15) is 14.0 Å². The van der Waals surface area contributed by atoms with Crippen LogP contribution in [0.4, 0.5) is 30.7 Å². The van der Waals surface area contributed by atoms with Gasteiger partial charge in [0.05, 0.1) is 12.2 Å². The highest BCUT2D eigenvalue weighted by molar-refractivity contribution is 5.65. The predicted molar refractivity (Wildman–Crippen MR) is 132 cm³/mol. The van der Waals surface area contributed by atoms with Gasteiger partial charge in [-0.05, 0) is 85.4 Å². The predicted octanol–water partition coefficient (Wildman–Crippen LogP) is 9.10. The van der Waals surface area contributed by atoms with Crippen molar-refractivity contribution in [3.63, 3.8) is 0 Å². The number of rotatable bonds is 8. The molecule has 204 valence electrons. The fraction of sp³-hybridized carbons (Fsp3) is 0.300. The summed E-state index contributed by atoms with van der Waals surface area (Å²) in [5, 5.41) is 8.74. The summed E-state index contributed by atoms with van der Waals surface area (Å²) in [5.74, 6) is -5.54. The Bertz CT molecular complexity index is 1380. The minimum absolute atomic E-state index is 0.0955. The number of alkyl halides is 3. The minimum atomic E-state index is -4.53. The Hall–Kier alpha value is -3.80. The molecule has 1 aliphatic rings. The van der Waals surface area contributed by atoms with E-state index >= 15 is 4.39 Å². The third-order valence-corrected chi connectivity index (χ3v) is 6.87. The Kier molecular flexibility index (Phi) is 8.63. The van der Waals surface area contributed by atoms with Crippen LogP contribution in [0.25, 0.3) is 11.1 Å². The number of halogens is 7. The average molecular weight is 548 g/mol. The second-order valence-electron chi connectivity index (χ2n) is 9.44. The fourth-order valence-corrected chi connectivity index (χ4v) is 4.87. The van der Waals surface area contributed by atoms with Gasteiger partial charge in [-0.15, -0.1) is 0 Å². The average Bonchev–Trinajstić information content (AvgIpc) is 2.88. The van der Waals surface area contributed by atoms with Crippen LogP contribution in [-0.4, -0.2) is 6.67 Å². The maximum atomic E-state index is 15.0. The molecule has 0 aliphatic heterocycles. The molecule has 0 saturated heterocycles. The second kappa shape index (κ2) is 11.9. The summed E-state index contributed by atoms with van der Waals surface area (Å²) in [6, 6.07) is 9.25. The van der Waals surface area contributed by atoms with E-state index in [9.17, 15) is 26.3 Å². The van der Waals surface area contributed by atoms with Gasteiger partial charge in [0.15, 0.2) is 0 Å². The van der Waals surface area contributed by atoms with Crippen LogP contribution in [0.2, 0.25) is 0 Å². The van der Waals surface area contributed by atoms with E-state index in [2.05, 4.69) is 4.74 Å². The van der Waals surface area contributed by atoms with E-state index in [-0.39, 0.29) is 17.0 Å². The van der Waals surface area contributed by atoms with Gasteiger partial charge >= 0.3 is 6.11 Å². The first kappa shape index (κ1) is 28.2. The lowest BCUT2D eigenvalue weighted by Gasteiger charge is -2.27. The van der Waals surface area contributed by atoms with Crippen molar-refractivity contribution in [3.8, 4) is 22.9 Å². The van der Waals surface area contributed by atoms with Crippen LogP contribution in [-0.2, 0) is 6.11 Å². The molecule has 1 aliphatic carbocycles. The van der Waals surface area contributed by atoms with E-state index in [1.54, 1.807) is 6.07 Å². The zero-order valence-corrected chi connectivity index (χ0v) is 20.7. The molecule has 3 aromatic carbocycles. The molecule has 0 radical (unpaired) electrons. The highest BCUT2D eigenvalue weighted by Gasteiger charge is 2.41. The molecular formula is C30H24F7NO. The van der Waals surface area contributed by atoms with Crippen LogP contribution in [0.3, 0.4) is 0 Å². The zero-order chi connectivity index (χ0) is 28.2. The van der Waals surface area contributed by atoms with Gasteiger partial charge in [0.2, 0.25) is 0 Å². The van der Waals surface area contributed by atoms with Gasteiger partial charge in [0, 0.05) is 11.6 Å². The van der Waals surface area contributed by atoms with Gasteiger partial charge in [-0.25, -0.2) is 17.6 Å². The standard InChI is InChI=1S/C30H24F7NO/c31-12-2-1-3-18-4-6-19(7-5-18)20-9-11-24(26(33)13-20)22-14-27(34)29(28(35)15-22)30(36,37)39-23-10-8-21(17-38)25(32)16-23/h1,3,8-11,13-16,18-19H,2,4-7,12H2/b3-1+. The molecule has 3 aromatic rings. The number of benzene rings is 3. The third kappa shape index (κ3) is 6.44. The minimum Gasteiger partial charge on any atom is -0.429 e. The molecule has 0 amide bonds. The van der Waals surface area contributed by atoms with Crippen LogP contribution < -0.4 is 4.74 Å². The quantitative estimate of drug-likeness (QED) is 0.208. The number of nitrogens with zero attached hydrogens (tertiary/aromatic N) is 1. The number of hydrogen-bond acceptors (Lipinski definition) is 2. The van der Waals surface area contributed by atoms with Crippen molar-refractivity contribution in [2.45, 2.75) is 44.1 Å². The van der Waals surface area contributed by atoms with Crippen LogP contribution >= 0.6 is 0 Å². The molecule has 1 fully saturated rings. The monoisotopic (exact) mass is 547 g/mol. The lowest BCUT2D eigenvalue weighted by molar-refractivity contribution is -0.189. The second-order valence-corrected chi connectivity index (χ2v) is 9.44. The molecule has 0 unspecified atom stereocenters. The maximum Gasteiger partial charge on any atom is 0.432 e. The summed E-state index contributed by atoms with van der Waals surface area (Å²) >= 11 is 0. The molecule has 9 heteroatoms. The summed E-state index contributed by atoms with van der Waals surface area (Å²) < 4.78 is 104. The van der Waals surface area contributed by atoms with Crippen LogP contribution in [0, 0.1) is 40.5 Å². The molecule has 0 atom stereocenters. The molecule has 4 rings (SSSR count). The maximum absolute atomic E-state index is 15.0. The SMILES string of the molecule is N#Cc1ccc(OC(F)(F)c2c(F)cc(-c3ccc(C4CCC(/C=C/CCF)CC4)cc3F)cc2F)cc1F. The Morgan fingerprint density at radius 2 is 1.56 bits per heavy atom. The van der Waals surface area contributed by atoms with Crippen molar-refractivity contribution in [2.24, 2.45) is 5.92 Å².